The van der Waals surface area contributed by atoms with Crippen LogP contribution in [0.5, 0.6) is 11.5 Å². The Morgan fingerprint density at radius 2 is 1.87 bits per heavy atom. The molecule has 30 heavy (non-hydrogen) atoms. The fraction of sp³-hybridized carbons (Fsp3) is 0.375. The van der Waals surface area contributed by atoms with E-state index in [9.17, 15) is 4.79 Å². The highest BCUT2D eigenvalue weighted by atomic mass is 16.5. The molecule has 0 atom stereocenters. The fourth-order valence-electron chi connectivity index (χ4n) is 3.64. The van der Waals surface area contributed by atoms with Crippen LogP contribution in [0.1, 0.15) is 42.4 Å². The molecule has 1 heterocycles. The molecule has 3 rings (SSSR count). The predicted octanol–water partition coefficient (Wildman–Crippen LogP) is 4.14. The molecule has 0 saturated heterocycles. The molecule has 2 aromatic rings. The van der Waals surface area contributed by atoms with Crippen LogP contribution in [0.25, 0.3) is 0 Å². The lowest BCUT2D eigenvalue weighted by molar-refractivity contribution is -0.116. The minimum absolute atomic E-state index is 0.0767. The average Bonchev–Trinajstić information content (AvgIpc) is 2.89. The second-order valence-corrected chi connectivity index (χ2v) is 7.26. The van der Waals surface area contributed by atoms with E-state index < -0.39 is 0 Å². The van der Waals surface area contributed by atoms with Gasteiger partial charge < -0.3 is 14.4 Å². The molecular formula is C24H27N3O3. The van der Waals surface area contributed by atoms with Gasteiger partial charge in [0.15, 0.2) is 11.5 Å². The number of carbonyl (C=O) groups excluding carboxylic acids is 1. The number of likely N-dealkylation sites (N-methyl/N-ethyl adjacent to an activating group) is 1. The van der Waals surface area contributed by atoms with Crippen molar-refractivity contribution in [1.29, 1.82) is 5.26 Å². The molecule has 0 fully saturated rings. The molecule has 0 aromatic heterocycles. The number of nitriles is 1. The number of aryl methyl sites for hydroxylation is 1. The molecular weight excluding hydrogens is 378 g/mol. The van der Waals surface area contributed by atoms with Crippen molar-refractivity contribution in [1.82, 2.24) is 0 Å². The van der Waals surface area contributed by atoms with Gasteiger partial charge in [0.1, 0.15) is 6.54 Å². The lowest BCUT2D eigenvalue weighted by atomic mass is 9.96. The van der Waals surface area contributed by atoms with Crippen LogP contribution in [0.4, 0.5) is 5.69 Å². The monoisotopic (exact) mass is 405 g/mol. The third-order valence-corrected chi connectivity index (χ3v) is 5.32. The number of carbonyl (C=O) groups is 1. The van der Waals surface area contributed by atoms with E-state index in [2.05, 4.69) is 23.2 Å². The number of aliphatic imine (C=N–C) groups is 1. The molecule has 0 spiro atoms. The highest BCUT2D eigenvalue weighted by Crippen LogP contribution is 2.37. The van der Waals surface area contributed by atoms with Crippen molar-refractivity contribution >= 4 is 17.3 Å². The summed E-state index contributed by atoms with van der Waals surface area (Å²) in [6.07, 6.45) is 4.58. The topological polar surface area (TPSA) is 74.9 Å². The van der Waals surface area contributed by atoms with Gasteiger partial charge in [-0.3, -0.25) is 9.79 Å². The molecule has 1 amide bonds. The summed E-state index contributed by atoms with van der Waals surface area (Å²) < 4.78 is 10.9. The molecule has 0 N–H and O–H groups in total. The molecule has 1 aliphatic rings. The van der Waals surface area contributed by atoms with E-state index in [-0.39, 0.29) is 12.5 Å². The Kier molecular flexibility index (Phi) is 7.08. The van der Waals surface area contributed by atoms with Crippen LogP contribution in [0.2, 0.25) is 0 Å². The Labute approximate surface area is 177 Å². The third kappa shape index (κ3) is 4.62. The number of hydrogen-bond acceptors (Lipinski definition) is 5. The van der Waals surface area contributed by atoms with Crippen molar-refractivity contribution in [3.05, 3.63) is 53.1 Å². The van der Waals surface area contributed by atoms with E-state index in [0.29, 0.717) is 17.9 Å². The van der Waals surface area contributed by atoms with Crippen molar-refractivity contribution in [3.8, 4) is 17.6 Å². The number of rotatable bonds is 8. The minimum atomic E-state index is -0.0767. The standard InChI is InChI=1S/C24H27N3O3/c1-27-20-15-22(30-3)21(29-2)14-19(20)24(26-16-23(27)28)18-11-8-10-17(13-18)9-6-4-5-7-12-25/h8,10-11,13-15H,4-7,9,16H2,1-3H3. The molecule has 6 nitrogen and oxygen atoms in total. The molecule has 6 heteroatoms. The maximum Gasteiger partial charge on any atom is 0.248 e. The smallest absolute Gasteiger partial charge is 0.248 e. The second kappa shape index (κ2) is 9.93. The Hall–Kier alpha value is -3.33. The lowest BCUT2D eigenvalue weighted by Crippen LogP contribution is -2.27. The van der Waals surface area contributed by atoms with Crippen molar-refractivity contribution in [3.63, 3.8) is 0 Å². The van der Waals surface area contributed by atoms with Crippen LogP contribution >= 0.6 is 0 Å². The van der Waals surface area contributed by atoms with Gasteiger partial charge in [-0.05, 0) is 37.0 Å². The number of unbranched alkanes of at least 4 members (excludes halogenated alkanes) is 3. The number of benzodiazepines with no additional fused rings is 1. The zero-order chi connectivity index (χ0) is 21.5. The number of amides is 1. The van der Waals surface area contributed by atoms with Gasteiger partial charge in [0.25, 0.3) is 0 Å². The summed E-state index contributed by atoms with van der Waals surface area (Å²) in [5.41, 5.74) is 4.55. The third-order valence-electron chi connectivity index (χ3n) is 5.32. The Morgan fingerprint density at radius 3 is 2.60 bits per heavy atom. The lowest BCUT2D eigenvalue weighted by Gasteiger charge is -2.20. The van der Waals surface area contributed by atoms with Crippen molar-refractivity contribution in [2.45, 2.75) is 32.1 Å². The minimum Gasteiger partial charge on any atom is -0.493 e. The first-order chi connectivity index (χ1) is 14.6. The number of ether oxygens (including phenoxy) is 2. The van der Waals surface area contributed by atoms with E-state index in [4.69, 9.17) is 14.7 Å². The SMILES string of the molecule is COc1cc2c(cc1OC)N(C)C(=O)CN=C2c1cccc(CCCCCC#N)c1. The molecule has 0 unspecified atom stereocenters. The zero-order valence-corrected chi connectivity index (χ0v) is 17.8. The summed E-state index contributed by atoms with van der Waals surface area (Å²) >= 11 is 0. The summed E-state index contributed by atoms with van der Waals surface area (Å²) in [4.78, 5) is 18.8. The maximum atomic E-state index is 12.5. The first kappa shape index (κ1) is 21.4. The van der Waals surface area contributed by atoms with Crippen LogP contribution < -0.4 is 14.4 Å². The van der Waals surface area contributed by atoms with E-state index >= 15 is 0 Å². The van der Waals surface area contributed by atoms with Crippen LogP contribution in [-0.4, -0.2) is 39.4 Å². The van der Waals surface area contributed by atoms with Gasteiger partial charge in [0.2, 0.25) is 5.91 Å². The summed E-state index contributed by atoms with van der Waals surface area (Å²) in [5.74, 6) is 1.09. The van der Waals surface area contributed by atoms with Crippen molar-refractivity contribution in [2.75, 3.05) is 32.7 Å². The number of fused-ring (bicyclic) bond motifs is 1. The van der Waals surface area contributed by atoms with Gasteiger partial charge in [0, 0.05) is 30.7 Å². The quantitative estimate of drug-likeness (QED) is 0.619. The van der Waals surface area contributed by atoms with E-state index in [1.54, 1.807) is 26.2 Å². The number of anilines is 1. The van der Waals surface area contributed by atoms with Gasteiger partial charge in [-0.15, -0.1) is 0 Å². The van der Waals surface area contributed by atoms with Gasteiger partial charge in [-0.2, -0.15) is 5.26 Å². The average molecular weight is 405 g/mol. The summed E-state index contributed by atoms with van der Waals surface area (Å²) in [6, 6.07) is 14.2. The van der Waals surface area contributed by atoms with Crippen LogP contribution in [0, 0.1) is 11.3 Å². The molecule has 0 aliphatic carbocycles. The molecule has 2 aromatic carbocycles. The van der Waals surface area contributed by atoms with Crippen LogP contribution in [-0.2, 0) is 11.2 Å². The number of nitrogens with zero attached hydrogens (tertiary/aromatic N) is 3. The Bertz CT molecular complexity index is 992. The van der Waals surface area contributed by atoms with Crippen LogP contribution in [0.15, 0.2) is 41.4 Å². The summed E-state index contributed by atoms with van der Waals surface area (Å²) in [7, 11) is 4.93. The summed E-state index contributed by atoms with van der Waals surface area (Å²) in [5, 5.41) is 8.67. The van der Waals surface area contributed by atoms with E-state index in [0.717, 1.165) is 48.2 Å². The van der Waals surface area contributed by atoms with Gasteiger partial charge in [-0.25, -0.2) is 0 Å². The fourth-order valence-corrected chi connectivity index (χ4v) is 3.64. The van der Waals surface area contributed by atoms with E-state index in [1.165, 1.54) is 5.56 Å². The highest BCUT2D eigenvalue weighted by Gasteiger charge is 2.25. The van der Waals surface area contributed by atoms with E-state index in [1.807, 2.05) is 24.3 Å². The molecule has 0 radical (unpaired) electrons. The Morgan fingerprint density at radius 1 is 1.10 bits per heavy atom. The number of hydrogen-bond donors (Lipinski definition) is 0. The maximum absolute atomic E-state index is 12.5. The van der Waals surface area contributed by atoms with Gasteiger partial charge in [-0.1, -0.05) is 24.6 Å². The normalized spacial score (nSPS) is 13.2. The number of benzene rings is 2. The first-order valence-corrected chi connectivity index (χ1v) is 10.1. The van der Waals surface area contributed by atoms with Crippen molar-refractivity contribution < 1.29 is 14.3 Å². The molecule has 0 saturated carbocycles. The molecule has 0 bridgehead atoms. The predicted molar refractivity (Wildman–Crippen MR) is 118 cm³/mol. The van der Waals surface area contributed by atoms with Crippen LogP contribution in [0.3, 0.4) is 0 Å². The molecule has 1 aliphatic heterocycles. The Balaban J connectivity index is 1.96. The van der Waals surface area contributed by atoms with Gasteiger partial charge >= 0.3 is 0 Å². The first-order valence-electron chi connectivity index (χ1n) is 10.1. The number of methoxy groups -OCH3 is 2. The highest BCUT2D eigenvalue weighted by molar-refractivity contribution is 6.20. The zero-order valence-electron chi connectivity index (χ0n) is 17.8. The van der Waals surface area contributed by atoms with Crippen molar-refractivity contribution in [2.24, 2.45) is 4.99 Å². The second-order valence-electron chi connectivity index (χ2n) is 7.26. The summed E-state index contributed by atoms with van der Waals surface area (Å²) in [6.45, 7) is 0.0868. The molecule has 156 valence electrons. The van der Waals surface area contributed by atoms with Gasteiger partial charge in [0.05, 0.1) is 31.7 Å². The largest absolute Gasteiger partial charge is 0.493 e.